The summed E-state index contributed by atoms with van der Waals surface area (Å²) < 4.78 is 0. The van der Waals surface area contributed by atoms with Crippen molar-refractivity contribution in [1.82, 2.24) is 4.90 Å². The molecule has 0 unspecified atom stereocenters. The van der Waals surface area contributed by atoms with Crippen LogP contribution in [0.15, 0.2) is 54.6 Å². The third-order valence-electron chi connectivity index (χ3n) is 3.76. The first-order valence-corrected chi connectivity index (χ1v) is 8.78. The van der Waals surface area contributed by atoms with E-state index in [0.29, 0.717) is 0 Å². The summed E-state index contributed by atoms with van der Waals surface area (Å²) in [4.78, 5) is 14.5. The highest BCUT2D eigenvalue weighted by molar-refractivity contribution is 8.14. The Bertz CT molecular complexity index is 576. The molecule has 0 fully saturated rings. The molecule has 0 N–H and O–H groups in total. The number of hydrogen-bond donors (Lipinski definition) is 0. The van der Waals surface area contributed by atoms with E-state index in [2.05, 4.69) is 30.9 Å². The van der Waals surface area contributed by atoms with E-state index >= 15 is 0 Å². The Morgan fingerprint density at radius 1 is 0.909 bits per heavy atom. The molecule has 3 heteroatoms. The van der Waals surface area contributed by atoms with Gasteiger partial charge in [0.25, 0.3) is 0 Å². The van der Waals surface area contributed by atoms with E-state index in [1.54, 1.807) is 0 Å². The standard InChI is InChI=1S/C19H23NOS/c1-3-20(4-2)14-15-22-19(21)18-12-10-17(11-13-18)16-8-6-5-7-9-16/h5-13H,3-4,14-15H2,1-2H3. The third kappa shape index (κ3) is 4.72. The van der Waals surface area contributed by atoms with E-state index in [0.717, 1.165) is 36.5 Å². The lowest BCUT2D eigenvalue weighted by Crippen LogP contribution is -2.25. The Kier molecular flexibility index (Phi) is 6.69. The lowest BCUT2D eigenvalue weighted by atomic mass is 10.0. The van der Waals surface area contributed by atoms with Gasteiger partial charge in [0.2, 0.25) is 5.12 Å². The molecule has 0 heterocycles. The van der Waals surface area contributed by atoms with Gasteiger partial charge < -0.3 is 4.90 Å². The summed E-state index contributed by atoms with van der Waals surface area (Å²) in [5.74, 6) is 0.848. The van der Waals surface area contributed by atoms with Crippen molar-refractivity contribution in [2.75, 3.05) is 25.4 Å². The predicted molar refractivity (Wildman–Crippen MR) is 96.5 cm³/mol. The van der Waals surface area contributed by atoms with Gasteiger partial charge in [-0.05, 0) is 36.3 Å². The molecule has 0 aliphatic heterocycles. The Morgan fingerprint density at radius 2 is 1.50 bits per heavy atom. The number of benzene rings is 2. The van der Waals surface area contributed by atoms with Crippen LogP contribution in [0.2, 0.25) is 0 Å². The minimum absolute atomic E-state index is 0.159. The zero-order valence-electron chi connectivity index (χ0n) is 13.3. The Labute approximate surface area is 137 Å². The quantitative estimate of drug-likeness (QED) is 0.747. The molecule has 2 aromatic rings. The van der Waals surface area contributed by atoms with Crippen molar-refractivity contribution in [3.63, 3.8) is 0 Å². The molecular weight excluding hydrogens is 290 g/mol. The molecular formula is C19H23NOS. The highest BCUT2D eigenvalue weighted by Gasteiger charge is 2.08. The molecule has 116 valence electrons. The minimum atomic E-state index is 0.159. The van der Waals surface area contributed by atoms with E-state index in [1.807, 2.05) is 42.5 Å². The molecule has 0 atom stereocenters. The fourth-order valence-corrected chi connectivity index (χ4v) is 3.16. The second kappa shape index (κ2) is 8.76. The van der Waals surface area contributed by atoms with Gasteiger partial charge in [-0.3, -0.25) is 4.79 Å². The van der Waals surface area contributed by atoms with Gasteiger partial charge in [-0.15, -0.1) is 0 Å². The summed E-state index contributed by atoms with van der Waals surface area (Å²) in [6.45, 7) is 7.34. The van der Waals surface area contributed by atoms with Crippen LogP contribution in [0.3, 0.4) is 0 Å². The summed E-state index contributed by atoms with van der Waals surface area (Å²) >= 11 is 1.41. The van der Waals surface area contributed by atoms with Crippen molar-refractivity contribution in [3.05, 3.63) is 60.2 Å². The molecule has 0 spiro atoms. The zero-order valence-corrected chi connectivity index (χ0v) is 14.1. The van der Waals surface area contributed by atoms with Gasteiger partial charge in [-0.25, -0.2) is 0 Å². The highest BCUT2D eigenvalue weighted by Crippen LogP contribution is 2.21. The molecule has 0 bridgehead atoms. The molecule has 22 heavy (non-hydrogen) atoms. The lowest BCUT2D eigenvalue weighted by Gasteiger charge is -2.16. The van der Waals surface area contributed by atoms with Crippen molar-refractivity contribution in [2.24, 2.45) is 0 Å². The van der Waals surface area contributed by atoms with E-state index in [4.69, 9.17) is 0 Å². The van der Waals surface area contributed by atoms with E-state index in [-0.39, 0.29) is 5.12 Å². The monoisotopic (exact) mass is 313 g/mol. The number of carbonyl (C=O) groups excluding carboxylic acids is 1. The van der Waals surface area contributed by atoms with E-state index in [9.17, 15) is 4.79 Å². The smallest absolute Gasteiger partial charge is 0.219 e. The van der Waals surface area contributed by atoms with Gasteiger partial charge in [0, 0.05) is 17.9 Å². The molecule has 2 aromatic carbocycles. The van der Waals surface area contributed by atoms with Crippen LogP contribution in [0.1, 0.15) is 24.2 Å². The fraction of sp³-hybridized carbons (Fsp3) is 0.316. The maximum atomic E-state index is 12.2. The van der Waals surface area contributed by atoms with Crippen molar-refractivity contribution in [3.8, 4) is 11.1 Å². The zero-order chi connectivity index (χ0) is 15.8. The molecule has 0 aliphatic carbocycles. The van der Waals surface area contributed by atoms with Gasteiger partial charge in [0.1, 0.15) is 0 Å². The highest BCUT2D eigenvalue weighted by atomic mass is 32.2. The first-order chi connectivity index (χ1) is 10.7. The van der Waals surface area contributed by atoms with Gasteiger partial charge in [0.15, 0.2) is 0 Å². The van der Waals surface area contributed by atoms with Crippen LogP contribution in [0, 0.1) is 0 Å². The van der Waals surface area contributed by atoms with Crippen LogP contribution >= 0.6 is 11.8 Å². The molecule has 0 aliphatic rings. The van der Waals surface area contributed by atoms with Crippen LogP contribution in [0.5, 0.6) is 0 Å². The van der Waals surface area contributed by atoms with E-state index < -0.39 is 0 Å². The van der Waals surface area contributed by atoms with Crippen LogP contribution < -0.4 is 0 Å². The lowest BCUT2D eigenvalue weighted by molar-refractivity contribution is 0.108. The van der Waals surface area contributed by atoms with Crippen molar-refractivity contribution >= 4 is 16.9 Å². The number of thioether (sulfide) groups is 1. The largest absolute Gasteiger partial charge is 0.303 e. The van der Waals surface area contributed by atoms with Crippen LogP contribution in [0.25, 0.3) is 11.1 Å². The molecule has 0 aromatic heterocycles. The fourth-order valence-electron chi connectivity index (χ4n) is 2.32. The van der Waals surface area contributed by atoms with Crippen molar-refractivity contribution in [1.29, 1.82) is 0 Å². The molecule has 2 rings (SSSR count). The Balaban J connectivity index is 1.91. The average molecular weight is 313 g/mol. The van der Waals surface area contributed by atoms with Gasteiger partial charge in [-0.2, -0.15) is 0 Å². The molecule has 0 radical (unpaired) electrons. The van der Waals surface area contributed by atoms with Crippen molar-refractivity contribution < 1.29 is 4.79 Å². The second-order valence-corrected chi connectivity index (χ2v) is 6.17. The maximum absolute atomic E-state index is 12.2. The third-order valence-corrected chi connectivity index (χ3v) is 4.65. The summed E-state index contributed by atoms with van der Waals surface area (Å²) in [5.41, 5.74) is 3.10. The number of rotatable bonds is 7. The van der Waals surface area contributed by atoms with Gasteiger partial charge >= 0.3 is 0 Å². The first kappa shape index (κ1) is 16.8. The molecule has 0 saturated carbocycles. The van der Waals surface area contributed by atoms with Crippen LogP contribution in [0.4, 0.5) is 0 Å². The number of nitrogens with zero attached hydrogens (tertiary/aromatic N) is 1. The predicted octanol–water partition coefficient (Wildman–Crippen LogP) is 4.57. The summed E-state index contributed by atoms with van der Waals surface area (Å²) in [7, 11) is 0. The van der Waals surface area contributed by atoms with E-state index in [1.165, 1.54) is 17.3 Å². The second-order valence-electron chi connectivity index (χ2n) is 5.11. The topological polar surface area (TPSA) is 20.3 Å². The van der Waals surface area contributed by atoms with Gasteiger partial charge in [0.05, 0.1) is 0 Å². The summed E-state index contributed by atoms with van der Waals surface area (Å²) in [6.07, 6.45) is 0. The number of hydrogen-bond acceptors (Lipinski definition) is 3. The molecule has 0 saturated heterocycles. The van der Waals surface area contributed by atoms with Gasteiger partial charge in [-0.1, -0.05) is 68.1 Å². The van der Waals surface area contributed by atoms with Crippen molar-refractivity contribution in [2.45, 2.75) is 13.8 Å². The average Bonchev–Trinajstić information content (AvgIpc) is 2.59. The number of carbonyl (C=O) groups is 1. The molecule has 0 amide bonds. The normalized spacial score (nSPS) is 10.9. The Hall–Kier alpha value is -1.58. The first-order valence-electron chi connectivity index (χ1n) is 7.79. The van der Waals surface area contributed by atoms with Crippen LogP contribution in [-0.4, -0.2) is 35.4 Å². The summed E-state index contributed by atoms with van der Waals surface area (Å²) in [6, 6.07) is 18.1. The SMILES string of the molecule is CCN(CC)CCSC(=O)c1ccc(-c2ccccc2)cc1. The maximum Gasteiger partial charge on any atom is 0.219 e. The minimum Gasteiger partial charge on any atom is -0.303 e. The molecule has 2 nitrogen and oxygen atoms in total. The summed E-state index contributed by atoms with van der Waals surface area (Å²) in [5, 5.41) is 0.159. The Morgan fingerprint density at radius 3 is 2.09 bits per heavy atom. The van der Waals surface area contributed by atoms with Crippen LogP contribution in [-0.2, 0) is 0 Å².